The quantitative estimate of drug-likeness (QED) is 0.205. The van der Waals surface area contributed by atoms with Crippen molar-refractivity contribution in [3.8, 4) is 0 Å². The van der Waals surface area contributed by atoms with Crippen LogP contribution in [0.25, 0.3) is 16.6 Å². The maximum absolute atomic E-state index is 8.07. The van der Waals surface area contributed by atoms with Crippen LogP contribution in [-0.4, -0.2) is 51.1 Å². The second-order valence-corrected chi connectivity index (χ2v) is 12.7. The maximum atomic E-state index is 8.07. The fraction of sp³-hybridized carbons (Fsp3) is 0.429. The van der Waals surface area contributed by atoms with Crippen LogP contribution in [0.2, 0.25) is 0 Å². The van der Waals surface area contributed by atoms with E-state index in [1.54, 1.807) is 0 Å². The Labute approximate surface area is 238 Å². The Hall–Kier alpha value is -3.44. The van der Waals surface area contributed by atoms with E-state index in [0.29, 0.717) is 6.17 Å². The highest BCUT2D eigenvalue weighted by molar-refractivity contribution is 6.08. The summed E-state index contributed by atoms with van der Waals surface area (Å²) in [5.74, 6) is 0.745. The molecule has 5 heterocycles. The van der Waals surface area contributed by atoms with E-state index >= 15 is 0 Å². The molecule has 5 fully saturated rings. The van der Waals surface area contributed by atoms with Crippen molar-refractivity contribution >= 4 is 34.2 Å². The highest BCUT2D eigenvalue weighted by Crippen LogP contribution is 2.61. The van der Waals surface area contributed by atoms with Gasteiger partial charge in [0.15, 0.2) is 0 Å². The summed E-state index contributed by atoms with van der Waals surface area (Å²) in [6.07, 6.45) is 8.50. The molecule has 5 atom stereocenters. The first-order chi connectivity index (χ1) is 19.4. The third kappa shape index (κ3) is 4.09. The maximum Gasteiger partial charge on any atom is 0.100 e. The topological polar surface area (TPSA) is 47.4 Å². The Bertz CT molecular complexity index is 1570. The van der Waals surface area contributed by atoms with Gasteiger partial charge >= 0.3 is 0 Å². The number of benzene rings is 2. The van der Waals surface area contributed by atoms with E-state index in [9.17, 15) is 0 Å². The summed E-state index contributed by atoms with van der Waals surface area (Å²) in [6, 6.07) is 19.4. The van der Waals surface area contributed by atoms with Crippen molar-refractivity contribution < 1.29 is 0 Å². The average molecular weight is 532 g/mol. The molecule has 40 heavy (non-hydrogen) atoms. The molecular weight excluding hydrogens is 490 g/mol. The Balaban J connectivity index is 1.37. The van der Waals surface area contributed by atoms with Crippen molar-refractivity contribution in [2.24, 2.45) is 16.3 Å². The summed E-state index contributed by atoms with van der Waals surface area (Å²) in [4.78, 5) is 10.7. The lowest BCUT2D eigenvalue weighted by Crippen LogP contribution is -2.31. The van der Waals surface area contributed by atoms with Gasteiger partial charge < -0.3 is 14.9 Å². The van der Waals surface area contributed by atoms with Gasteiger partial charge in [-0.25, -0.2) is 0 Å². The van der Waals surface area contributed by atoms with Gasteiger partial charge in [0.05, 0.1) is 23.1 Å². The number of hydrogen-bond donors (Lipinski definition) is 1. The monoisotopic (exact) mass is 531 g/mol. The van der Waals surface area contributed by atoms with Crippen LogP contribution in [0.5, 0.6) is 0 Å². The lowest BCUT2D eigenvalue weighted by Gasteiger charge is -2.32. The molecule has 0 radical (unpaired) electrons. The highest BCUT2D eigenvalue weighted by atomic mass is 15.7. The number of fused-ring (bicyclic) bond motifs is 2. The minimum Gasteiger partial charge on any atom is -0.353 e. The van der Waals surface area contributed by atoms with Crippen LogP contribution in [0, 0.1) is 23.7 Å². The SMILES string of the molecule is C=C(c1ccc(C)c(/N=C(/c2cc3ccccc3n2CC2CC2)C(C)(CC)C/C(C=N)=C/C)c1)N1CC2C3C1N23. The third-order valence-corrected chi connectivity index (χ3v) is 10.1. The zero-order chi connectivity index (χ0) is 27.8. The number of piperazine rings is 1. The fourth-order valence-electron chi connectivity index (χ4n) is 6.92. The molecule has 8 rings (SSSR count). The van der Waals surface area contributed by atoms with Crippen molar-refractivity contribution in [1.29, 1.82) is 5.41 Å². The first-order valence-corrected chi connectivity index (χ1v) is 15.0. The normalized spacial score (nSPS) is 26.6. The molecule has 4 saturated heterocycles. The van der Waals surface area contributed by atoms with Gasteiger partial charge in [-0.1, -0.05) is 56.8 Å². The van der Waals surface area contributed by atoms with Crippen LogP contribution in [0.15, 0.2) is 71.8 Å². The number of aliphatic imine (C=N–C) groups is 1. The standard InChI is InChI=1S/C35H41N5/c1-6-24(19-36)18-35(5,7-2)33(30-17-27-10-8-9-11-29(27)39(30)20-25-13-14-25)37-28-16-26(15-12-22(28)3)23(4)38-21-31-32-34(38)40(31)32/h6,8-12,15-17,19,25,31-32,34,36H,4,7,13-14,18,20-21H2,1-3,5H3/b24-6-,36-19?,37-33-. The lowest BCUT2D eigenvalue weighted by atomic mass is 9.75. The molecule has 2 bridgehead atoms. The van der Waals surface area contributed by atoms with Gasteiger partial charge in [0.25, 0.3) is 0 Å². The summed E-state index contributed by atoms with van der Waals surface area (Å²) in [7, 11) is 0. The number of nitrogens with one attached hydrogen (secondary N) is 1. The fourth-order valence-corrected chi connectivity index (χ4v) is 6.92. The summed E-state index contributed by atoms with van der Waals surface area (Å²) in [6.45, 7) is 15.5. The molecule has 2 aromatic carbocycles. The third-order valence-electron chi connectivity index (χ3n) is 10.1. The molecule has 3 aromatic rings. The molecular formula is C35H41N5. The smallest absolute Gasteiger partial charge is 0.100 e. The van der Waals surface area contributed by atoms with Gasteiger partial charge in [-0.15, -0.1) is 0 Å². The average Bonchev–Trinajstić information content (AvgIpc) is 3.93. The molecule has 1 N–H and O–H groups in total. The summed E-state index contributed by atoms with van der Waals surface area (Å²) in [5, 5.41) is 9.34. The number of hydrogen-bond acceptors (Lipinski definition) is 4. The van der Waals surface area contributed by atoms with Gasteiger partial charge in [0, 0.05) is 47.4 Å². The van der Waals surface area contributed by atoms with Crippen molar-refractivity contribution in [2.75, 3.05) is 6.54 Å². The largest absolute Gasteiger partial charge is 0.353 e. The van der Waals surface area contributed by atoms with Crippen molar-refractivity contribution in [3.63, 3.8) is 0 Å². The van der Waals surface area contributed by atoms with Gasteiger partial charge in [-0.05, 0) is 80.3 Å². The summed E-state index contributed by atoms with van der Waals surface area (Å²) >= 11 is 0. The van der Waals surface area contributed by atoms with Crippen LogP contribution < -0.4 is 0 Å². The minimum absolute atomic E-state index is 0.235. The molecule has 206 valence electrons. The van der Waals surface area contributed by atoms with Gasteiger partial charge in [-0.2, -0.15) is 0 Å². The van der Waals surface area contributed by atoms with E-state index in [0.717, 1.165) is 66.6 Å². The molecule has 1 aromatic heterocycles. The molecule has 5 aliphatic rings. The van der Waals surface area contributed by atoms with Crippen LogP contribution in [0.1, 0.15) is 63.3 Å². The lowest BCUT2D eigenvalue weighted by molar-refractivity contribution is 0.442. The van der Waals surface area contributed by atoms with Crippen LogP contribution in [0.3, 0.4) is 0 Å². The van der Waals surface area contributed by atoms with Crippen LogP contribution in [0.4, 0.5) is 5.69 Å². The van der Waals surface area contributed by atoms with Gasteiger partial charge in [-0.3, -0.25) is 9.89 Å². The highest BCUT2D eigenvalue weighted by Gasteiger charge is 2.79. The molecule has 1 aliphatic carbocycles. The van der Waals surface area contributed by atoms with E-state index in [4.69, 9.17) is 10.4 Å². The number of nitrogens with zero attached hydrogens (tertiary/aromatic N) is 4. The predicted molar refractivity (Wildman–Crippen MR) is 167 cm³/mol. The Kier molecular flexibility index (Phi) is 5.94. The molecule has 5 unspecified atom stereocenters. The van der Waals surface area contributed by atoms with Crippen molar-refractivity contribution in [3.05, 3.63) is 83.6 Å². The van der Waals surface area contributed by atoms with Gasteiger partial charge in [0.1, 0.15) is 6.17 Å². The number of allylic oxidation sites excluding steroid dienone is 2. The molecule has 1 saturated carbocycles. The van der Waals surface area contributed by atoms with Crippen LogP contribution >= 0.6 is 0 Å². The molecule has 5 nitrogen and oxygen atoms in total. The van der Waals surface area contributed by atoms with Crippen molar-refractivity contribution in [2.45, 2.75) is 78.2 Å². The second kappa shape index (κ2) is 9.31. The molecule has 0 spiro atoms. The Morgan fingerprint density at radius 3 is 2.60 bits per heavy atom. The predicted octanol–water partition coefficient (Wildman–Crippen LogP) is 7.56. The van der Waals surface area contributed by atoms with E-state index in [1.165, 1.54) is 46.8 Å². The Morgan fingerprint density at radius 1 is 1.18 bits per heavy atom. The van der Waals surface area contributed by atoms with Crippen molar-refractivity contribution in [1.82, 2.24) is 14.4 Å². The molecule has 4 aliphatic heterocycles. The first kappa shape index (κ1) is 25.5. The second-order valence-electron chi connectivity index (χ2n) is 12.7. The molecule has 5 heteroatoms. The zero-order valence-corrected chi connectivity index (χ0v) is 24.3. The minimum atomic E-state index is -0.235. The number of para-hydroxylation sites is 1. The first-order valence-electron chi connectivity index (χ1n) is 15.0. The number of aromatic nitrogens is 1. The van der Waals surface area contributed by atoms with E-state index in [1.807, 2.05) is 6.92 Å². The van der Waals surface area contributed by atoms with E-state index < -0.39 is 0 Å². The van der Waals surface area contributed by atoms with E-state index in [2.05, 4.69) is 96.3 Å². The Morgan fingerprint density at radius 2 is 1.95 bits per heavy atom. The number of rotatable bonds is 11. The molecule has 0 amide bonds. The summed E-state index contributed by atoms with van der Waals surface area (Å²) in [5.41, 5.74) is 8.93. The number of aryl methyl sites for hydroxylation is 1. The zero-order valence-electron chi connectivity index (χ0n) is 24.3. The van der Waals surface area contributed by atoms with Crippen LogP contribution in [-0.2, 0) is 6.54 Å². The van der Waals surface area contributed by atoms with E-state index in [-0.39, 0.29) is 5.41 Å². The van der Waals surface area contributed by atoms with Gasteiger partial charge in [0.2, 0.25) is 0 Å². The summed E-state index contributed by atoms with van der Waals surface area (Å²) < 4.78 is 2.53.